The number of aryl methyl sites for hydroxylation is 1. The van der Waals surface area contributed by atoms with Gasteiger partial charge in [-0.2, -0.15) is 4.98 Å². The van der Waals surface area contributed by atoms with E-state index in [2.05, 4.69) is 25.6 Å². The molecule has 2 aliphatic rings. The van der Waals surface area contributed by atoms with Crippen molar-refractivity contribution in [2.24, 2.45) is 5.92 Å². The Morgan fingerprint density at radius 2 is 1.85 bits per heavy atom. The van der Waals surface area contributed by atoms with Crippen molar-refractivity contribution in [3.8, 4) is 10.6 Å². The number of thiazole rings is 1. The van der Waals surface area contributed by atoms with Crippen molar-refractivity contribution in [3.63, 3.8) is 0 Å². The summed E-state index contributed by atoms with van der Waals surface area (Å²) in [5, 5.41) is 39.4. The molecule has 0 aliphatic heterocycles. The molecular formula is C23H22N6O3S. The Hall–Kier alpha value is -3.18. The average molecular weight is 463 g/mol. The third-order valence-corrected chi connectivity index (χ3v) is 7.68. The fourth-order valence-corrected chi connectivity index (χ4v) is 5.86. The largest absolute Gasteiger partial charge is 0.390 e. The van der Waals surface area contributed by atoms with E-state index in [4.69, 9.17) is 4.98 Å². The van der Waals surface area contributed by atoms with Crippen molar-refractivity contribution in [1.82, 2.24) is 19.9 Å². The Kier molecular flexibility index (Phi) is 4.43. The van der Waals surface area contributed by atoms with E-state index in [0.29, 0.717) is 40.9 Å². The van der Waals surface area contributed by atoms with E-state index in [1.807, 2.05) is 31.2 Å². The minimum atomic E-state index is -1.71. The standard InChI is InChI=1S/C23H22N6O3S/c1-12-17(20-27-15-4-2-3-5-16(15)33-20)19(28-21(25-12)26-13-7-10-24-11-8-13)29-22(31)9-6-14-18(30)23(14,22)32/h2-5,7-8,10-11,14,18,30-32H,6,9H2,1H3,(H2,24,25,26,28,29). The van der Waals surface area contributed by atoms with Crippen LogP contribution < -0.4 is 10.6 Å². The maximum atomic E-state index is 11.3. The van der Waals surface area contributed by atoms with Gasteiger partial charge in [0.2, 0.25) is 5.95 Å². The molecule has 5 N–H and O–H groups in total. The highest BCUT2D eigenvalue weighted by molar-refractivity contribution is 7.21. The van der Waals surface area contributed by atoms with Crippen LogP contribution in [-0.4, -0.2) is 52.7 Å². The molecule has 33 heavy (non-hydrogen) atoms. The molecule has 3 heterocycles. The summed E-state index contributed by atoms with van der Waals surface area (Å²) in [6, 6.07) is 11.4. The Balaban J connectivity index is 1.46. The topological polar surface area (TPSA) is 136 Å². The van der Waals surface area contributed by atoms with Crippen LogP contribution in [0.25, 0.3) is 20.8 Å². The van der Waals surface area contributed by atoms with Gasteiger partial charge in [0.15, 0.2) is 5.72 Å². The molecular weight excluding hydrogens is 440 g/mol. The first-order chi connectivity index (χ1) is 15.9. The van der Waals surface area contributed by atoms with Gasteiger partial charge in [0.05, 0.1) is 27.6 Å². The second-order valence-corrected chi connectivity index (χ2v) is 9.64. The average Bonchev–Trinajstić information content (AvgIpc) is 3.08. The van der Waals surface area contributed by atoms with Crippen LogP contribution in [0.15, 0.2) is 48.8 Å². The van der Waals surface area contributed by atoms with Crippen LogP contribution in [0, 0.1) is 12.8 Å². The predicted octanol–water partition coefficient (Wildman–Crippen LogP) is 2.82. The fraction of sp³-hybridized carbons (Fsp3) is 0.304. The predicted molar refractivity (Wildman–Crippen MR) is 125 cm³/mol. The smallest absolute Gasteiger partial charge is 0.229 e. The van der Waals surface area contributed by atoms with Gasteiger partial charge < -0.3 is 26.0 Å². The molecule has 2 aliphatic carbocycles. The first-order valence-electron chi connectivity index (χ1n) is 10.7. The monoisotopic (exact) mass is 462 g/mol. The zero-order valence-corrected chi connectivity index (χ0v) is 18.5. The molecule has 1 aromatic carbocycles. The highest BCUT2D eigenvalue weighted by atomic mass is 32.1. The minimum Gasteiger partial charge on any atom is -0.390 e. The summed E-state index contributed by atoms with van der Waals surface area (Å²) in [4.78, 5) is 18.0. The second kappa shape index (κ2) is 7.16. The lowest BCUT2D eigenvalue weighted by atomic mass is 10.0. The van der Waals surface area contributed by atoms with Crippen LogP contribution >= 0.6 is 11.3 Å². The maximum Gasteiger partial charge on any atom is 0.229 e. The number of fused-ring (bicyclic) bond motifs is 2. The SMILES string of the molecule is Cc1nc(Nc2ccncc2)nc(NC2(O)CCC3C(O)C32O)c1-c1nc2ccccc2s1. The van der Waals surface area contributed by atoms with Crippen molar-refractivity contribution in [2.75, 3.05) is 10.6 Å². The third kappa shape index (κ3) is 3.10. The van der Waals surface area contributed by atoms with Gasteiger partial charge in [-0.3, -0.25) is 4.98 Å². The number of nitrogens with zero attached hydrogens (tertiary/aromatic N) is 4. The van der Waals surface area contributed by atoms with Gasteiger partial charge in [0, 0.05) is 24.0 Å². The Morgan fingerprint density at radius 3 is 2.58 bits per heavy atom. The van der Waals surface area contributed by atoms with Crippen molar-refractivity contribution in [1.29, 1.82) is 0 Å². The van der Waals surface area contributed by atoms with Crippen molar-refractivity contribution in [2.45, 2.75) is 37.2 Å². The maximum absolute atomic E-state index is 11.3. The first kappa shape index (κ1) is 20.4. The lowest BCUT2D eigenvalue weighted by Crippen LogP contribution is -2.51. The van der Waals surface area contributed by atoms with E-state index < -0.39 is 17.4 Å². The molecule has 4 aromatic rings. The van der Waals surface area contributed by atoms with Crippen LogP contribution in [-0.2, 0) is 0 Å². The molecule has 168 valence electrons. The molecule has 6 rings (SSSR count). The Bertz CT molecular complexity index is 1330. The van der Waals surface area contributed by atoms with Crippen LogP contribution in [0.4, 0.5) is 17.5 Å². The number of aromatic nitrogens is 4. The summed E-state index contributed by atoms with van der Waals surface area (Å²) < 4.78 is 1.02. The molecule has 9 nitrogen and oxygen atoms in total. The van der Waals surface area contributed by atoms with Gasteiger partial charge in [-0.1, -0.05) is 12.1 Å². The van der Waals surface area contributed by atoms with Gasteiger partial charge in [-0.15, -0.1) is 11.3 Å². The van der Waals surface area contributed by atoms with Crippen molar-refractivity contribution >= 4 is 39.0 Å². The minimum absolute atomic E-state index is 0.292. The summed E-state index contributed by atoms with van der Waals surface area (Å²) in [5.41, 5.74) is -0.388. The summed E-state index contributed by atoms with van der Waals surface area (Å²) in [6.45, 7) is 1.86. The number of rotatable bonds is 5. The Morgan fingerprint density at radius 1 is 1.06 bits per heavy atom. The zero-order valence-electron chi connectivity index (χ0n) is 17.7. The van der Waals surface area contributed by atoms with E-state index in [-0.39, 0.29) is 5.92 Å². The number of pyridine rings is 1. The van der Waals surface area contributed by atoms with Gasteiger partial charge in [0.1, 0.15) is 16.4 Å². The van der Waals surface area contributed by atoms with Gasteiger partial charge in [-0.05, 0) is 44.0 Å². The lowest BCUT2D eigenvalue weighted by molar-refractivity contribution is -0.0851. The van der Waals surface area contributed by atoms with E-state index in [1.54, 1.807) is 24.5 Å². The zero-order chi connectivity index (χ0) is 22.8. The fourth-order valence-electron chi connectivity index (χ4n) is 4.80. The number of hydrogen-bond donors (Lipinski definition) is 5. The molecule has 4 unspecified atom stereocenters. The van der Waals surface area contributed by atoms with E-state index >= 15 is 0 Å². The quantitative estimate of drug-likeness (QED) is 0.284. The molecule has 4 atom stereocenters. The highest BCUT2D eigenvalue weighted by Crippen LogP contribution is 2.61. The molecule has 0 bridgehead atoms. The highest BCUT2D eigenvalue weighted by Gasteiger charge is 2.78. The van der Waals surface area contributed by atoms with Gasteiger partial charge >= 0.3 is 0 Å². The van der Waals surface area contributed by atoms with Gasteiger partial charge in [0.25, 0.3) is 0 Å². The molecule has 0 spiro atoms. The lowest BCUT2D eigenvalue weighted by Gasteiger charge is -2.32. The third-order valence-electron chi connectivity index (χ3n) is 6.63. The van der Waals surface area contributed by atoms with E-state index in [0.717, 1.165) is 15.9 Å². The molecule has 10 heteroatoms. The normalized spacial score (nSPS) is 28.0. The number of aliphatic hydroxyl groups is 3. The number of nitrogens with one attached hydrogen (secondary N) is 2. The van der Waals surface area contributed by atoms with Crippen LogP contribution in [0.5, 0.6) is 0 Å². The van der Waals surface area contributed by atoms with E-state index in [1.165, 1.54) is 11.3 Å². The Labute approximate surface area is 193 Å². The van der Waals surface area contributed by atoms with Crippen LogP contribution in [0.1, 0.15) is 18.5 Å². The summed E-state index contributed by atoms with van der Waals surface area (Å²) in [7, 11) is 0. The summed E-state index contributed by atoms with van der Waals surface area (Å²) in [6.07, 6.45) is 3.17. The number of hydrogen-bond acceptors (Lipinski definition) is 10. The van der Waals surface area contributed by atoms with Crippen LogP contribution in [0.3, 0.4) is 0 Å². The number of anilines is 3. The summed E-state index contributed by atoms with van der Waals surface area (Å²) in [5.74, 6) is 0.319. The number of para-hydroxylation sites is 1. The second-order valence-electron chi connectivity index (χ2n) is 8.60. The molecule has 3 aromatic heterocycles. The molecule has 0 radical (unpaired) electrons. The molecule has 0 amide bonds. The van der Waals surface area contributed by atoms with E-state index in [9.17, 15) is 15.3 Å². The number of aliphatic hydroxyl groups excluding tert-OH is 1. The van der Waals surface area contributed by atoms with Gasteiger partial charge in [-0.25, -0.2) is 9.97 Å². The summed E-state index contributed by atoms with van der Waals surface area (Å²) >= 11 is 1.50. The number of benzene rings is 1. The van der Waals surface area contributed by atoms with Crippen molar-refractivity contribution < 1.29 is 15.3 Å². The van der Waals surface area contributed by atoms with Crippen LogP contribution in [0.2, 0.25) is 0 Å². The molecule has 2 saturated carbocycles. The van der Waals surface area contributed by atoms with Crippen molar-refractivity contribution in [3.05, 3.63) is 54.5 Å². The molecule has 0 saturated heterocycles. The first-order valence-corrected chi connectivity index (χ1v) is 11.5. The molecule has 2 fully saturated rings.